The number of aromatic nitrogens is 1. The van der Waals surface area contributed by atoms with Gasteiger partial charge in [0, 0.05) is 24.4 Å². The lowest BCUT2D eigenvalue weighted by molar-refractivity contribution is 0.274. The molecular formula is C9H14N2O2. The first-order chi connectivity index (χ1) is 6.29. The third kappa shape index (κ3) is 2.40. The third-order valence-electron chi connectivity index (χ3n) is 1.83. The monoisotopic (exact) mass is 182 g/mol. The van der Waals surface area contributed by atoms with Gasteiger partial charge in [-0.25, -0.2) is 4.98 Å². The van der Waals surface area contributed by atoms with E-state index >= 15 is 0 Å². The van der Waals surface area contributed by atoms with Crippen molar-refractivity contribution in [1.29, 1.82) is 0 Å². The number of pyridine rings is 1. The number of nitrogens with zero attached hydrogens (tertiary/aromatic N) is 1. The minimum atomic E-state index is -0.214. The van der Waals surface area contributed by atoms with Crippen LogP contribution in [0.15, 0.2) is 18.3 Å². The molecule has 0 bridgehead atoms. The Morgan fingerprint density at radius 3 is 3.08 bits per heavy atom. The van der Waals surface area contributed by atoms with Crippen molar-refractivity contribution in [2.75, 3.05) is 13.7 Å². The van der Waals surface area contributed by atoms with Crippen molar-refractivity contribution in [2.24, 2.45) is 5.73 Å². The largest absolute Gasteiger partial charge is 0.481 e. The summed E-state index contributed by atoms with van der Waals surface area (Å²) in [6, 6.07) is 3.44. The number of aliphatic hydroxyl groups excluding tert-OH is 1. The van der Waals surface area contributed by atoms with Crippen LogP contribution in [0.4, 0.5) is 0 Å². The van der Waals surface area contributed by atoms with Crippen LogP contribution in [-0.2, 0) is 0 Å². The van der Waals surface area contributed by atoms with Crippen molar-refractivity contribution in [2.45, 2.75) is 12.5 Å². The summed E-state index contributed by atoms with van der Waals surface area (Å²) in [6.45, 7) is 0.0687. The Hall–Kier alpha value is -1.13. The number of hydrogen-bond acceptors (Lipinski definition) is 4. The standard InChI is InChI=1S/C9H14N2O2/c1-13-9-7(3-2-5-11-9)8(10)4-6-12/h2-3,5,8,12H,4,6,10H2,1H3. The number of hydrogen-bond donors (Lipinski definition) is 2. The zero-order valence-electron chi connectivity index (χ0n) is 7.60. The van der Waals surface area contributed by atoms with Gasteiger partial charge in [0.1, 0.15) is 0 Å². The van der Waals surface area contributed by atoms with Crippen LogP contribution >= 0.6 is 0 Å². The maximum atomic E-state index is 8.72. The average molecular weight is 182 g/mol. The van der Waals surface area contributed by atoms with Gasteiger partial charge >= 0.3 is 0 Å². The highest BCUT2D eigenvalue weighted by atomic mass is 16.5. The topological polar surface area (TPSA) is 68.4 Å². The number of rotatable bonds is 4. The average Bonchev–Trinajstić information content (AvgIpc) is 2.18. The lowest BCUT2D eigenvalue weighted by atomic mass is 10.1. The summed E-state index contributed by atoms with van der Waals surface area (Å²) < 4.78 is 5.04. The first-order valence-corrected chi connectivity index (χ1v) is 4.15. The van der Waals surface area contributed by atoms with Gasteiger partial charge in [0.15, 0.2) is 0 Å². The Morgan fingerprint density at radius 1 is 1.69 bits per heavy atom. The molecule has 0 fully saturated rings. The van der Waals surface area contributed by atoms with Crippen LogP contribution in [0.1, 0.15) is 18.0 Å². The molecule has 13 heavy (non-hydrogen) atoms. The zero-order valence-corrected chi connectivity index (χ0v) is 7.60. The number of ether oxygens (including phenoxy) is 1. The van der Waals surface area contributed by atoms with E-state index in [9.17, 15) is 0 Å². The Balaban J connectivity index is 2.85. The summed E-state index contributed by atoms with van der Waals surface area (Å²) >= 11 is 0. The molecule has 0 radical (unpaired) electrons. The first-order valence-electron chi connectivity index (χ1n) is 4.15. The molecule has 0 amide bonds. The lowest BCUT2D eigenvalue weighted by Gasteiger charge is -2.12. The van der Waals surface area contributed by atoms with Gasteiger partial charge < -0.3 is 15.6 Å². The van der Waals surface area contributed by atoms with Crippen LogP contribution in [0.25, 0.3) is 0 Å². The molecule has 0 aromatic carbocycles. The molecule has 0 saturated carbocycles. The van der Waals surface area contributed by atoms with E-state index in [0.29, 0.717) is 12.3 Å². The fourth-order valence-electron chi connectivity index (χ4n) is 1.15. The summed E-state index contributed by atoms with van der Waals surface area (Å²) in [4.78, 5) is 4.02. The Labute approximate surface area is 77.4 Å². The molecule has 0 saturated heterocycles. The van der Waals surface area contributed by atoms with E-state index in [4.69, 9.17) is 15.6 Å². The van der Waals surface area contributed by atoms with E-state index in [1.54, 1.807) is 19.4 Å². The molecule has 1 aromatic rings. The highest BCUT2D eigenvalue weighted by Crippen LogP contribution is 2.22. The van der Waals surface area contributed by atoms with Crippen molar-refractivity contribution in [3.05, 3.63) is 23.9 Å². The highest BCUT2D eigenvalue weighted by Gasteiger charge is 2.11. The van der Waals surface area contributed by atoms with Crippen LogP contribution in [0.2, 0.25) is 0 Å². The van der Waals surface area contributed by atoms with E-state index in [2.05, 4.69) is 4.98 Å². The van der Waals surface area contributed by atoms with Gasteiger partial charge in [0.2, 0.25) is 5.88 Å². The summed E-state index contributed by atoms with van der Waals surface area (Å²) in [6.07, 6.45) is 2.16. The van der Waals surface area contributed by atoms with E-state index in [-0.39, 0.29) is 12.6 Å². The molecule has 72 valence electrons. The Kier molecular flexibility index (Phi) is 3.67. The van der Waals surface area contributed by atoms with E-state index in [1.165, 1.54) is 0 Å². The summed E-state index contributed by atoms with van der Waals surface area (Å²) in [5.74, 6) is 0.531. The smallest absolute Gasteiger partial charge is 0.217 e. The predicted octanol–water partition coefficient (Wildman–Crippen LogP) is 0.472. The van der Waals surface area contributed by atoms with Crippen molar-refractivity contribution in [3.63, 3.8) is 0 Å². The molecule has 1 aromatic heterocycles. The molecule has 0 aliphatic carbocycles. The number of aliphatic hydroxyl groups is 1. The van der Waals surface area contributed by atoms with Crippen LogP contribution in [0.5, 0.6) is 5.88 Å². The van der Waals surface area contributed by atoms with E-state index < -0.39 is 0 Å². The second-order valence-electron chi connectivity index (χ2n) is 2.72. The van der Waals surface area contributed by atoms with E-state index in [0.717, 1.165) is 5.56 Å². The van der Waals surface area contributed by atoms with Crippen molar-refractivity contribution < 1.29 is 9.84 Å². The minimum absolute atomic E-state index is 0.0687. The molecule has 4 nitrogen and oxygen atoms in total. The minimum Gasteiger partial charge on any atom is -0.481 e. The van der Waals surface area contributed by atoms with Gasteiger partial charge in [0.05, 0.1) is 7.11 Å². The summed E-state index contributed by atoms with van der Waals surface area (Å²) in [5.41, 5.74) is 6.63. The van der Waals surface area contributed by atoms with Gasteiger partial charge in [-0.3, -0.25) is 0 Å². The molecule has 3 N–H and O–H groups in total. The first kappa shape index (κ1) is 9.95. The highest BCUT2D eigenvalue weighted by molar-refractivity contribution is 5.28. The molecule has 1 unspecified atom stereocenters. The van der Waals surface area contributed by atoms with Crippen molar-refractivity contribution >= 4 is 0 Å². The fourth-order valence-corrected chi connectivity index (χ4v) is 1.15. The van der Waals surface area contributed by atoms with Gasteiger partial charge in [-0.05, 0) is 12.5 Å². The number of methoxy groups -OCH3 is 1. The Bertz CT molecular complexity index is 266. The molecule has 1 atom stereocenters. The maximum absolute atomic E-state index is 8.72. The van der Waals surface area contributed by atoms with Gasteiger partial charge in [-0.15, -0.1) is 0 Å². The molecule has 0 spiro atoms. The van der Waals surface area contributed by atoms with E-state index in [1.807, 2.05) is 6.07 Å². The fraction of sp³-hybridized carbons (Fsp3) is 0.444. The zero-order chi connectivity index (χ0) is 9.68. The van der Waals surface area contributed by atoms with Crippen molar-refractivity contribution in [1.82, 2.24) is 4.98 Å². The van der Waals surface area contributed by atoms with Crippen LogP contribution in [-0.4, -0.2) is 23.8 Å². The molecule has 0 aliphatic heterocycles. The van der Waals surface area contributed by atoms with Crippen molar-refractivity contribution in [3.8, 4) is 5.88 Å². The quantitative estimate of drug-likeness (QED) is 0.710. The third-order valence-corrected chi connectivity index (χ3v) is 1.83. The van der Waals surface area contributed by atoms with Crippen LogP contribution < -0.4 is 10.5 Å². The van der Waals surface area contributed by atoms with Crippen LogP contribution in [0.3, 0.4) is 0 Å². The predicted molar refractivity (Wildman–Crippen MR) is 49.4 cm³/mol. The lowest BCUT2D eigenvalue weighted by Crippen LogP contribution is -2.13. The van der Waals surface area contributed by atoms with Gasteiger partial charge in [-0.2, -0.15) is 0 Å². The number of nitrogens with two attached hydrogens (primary N) is 1. The normalized spacial score (nSPS) is 12.5. The second kappa shape index (κ2) is 4.79. The molecule has 0 aliphatic rings. The second-order valence-corrected chi connectivity index (χ2v) is 2.72. The molecule has 1 rings (SSSR count). The summed E-state index contributed by atoms with van der Waals surface area (Å²) in [5, 5.41) is 8.72. The molecular weight excluding hydrogens is 168 g/mol. The molecule has 4 heteroatoms. The SMILES string of the molecule is COc1ncccc1C(N)CCO. The maximum Gasteiger partial charge on any atom is 0.217 e. The van der Waals surface area contributed by atoms with Gasteiger partial charge in [0.25, 0.3) is 0 Å². The molecule has 1 heterocycles. The Morgan fingerprint density at radius 2 is 2.46 bits per heavy atom. The van der Waals surface area contributed by atoms with Gasteiger partial charge in [-0.1, -0.05) is 6.07 Å². The summed E-state index contributed by atoms with van der Waals surface area (Å²) in [7, 11) is 1.55. The van der Waals surface area contributed by atoms with Crippen LogP contribution in [0, 0.1) is 0 Å².